The van der Waals surface area contributed by atoms with E-state index >= 15 is 0 Å². The van der Waals surface area contributed by atoms with Crippen molar-refractivity contribution in [3.63, 3.8) is 0 Å². The fourth-order valence-electron chi connectivity index (χ4n) is 0.797. The van der Waals surface area contributed by atoms with Crippen LogP contribution in [0, 0.1) is 4.91 Å². The van der Waals surface area contributed by atoms with E-state index in [0.29, 0.717) is 0 Å². The second kappa shape index (κ2) is 5.78. The molecule has 0 aliphatic heterocycles. The molecule has 0 aliphatic carbocycles. The molecule has 0 spiro atoms. The Labute approximate surface area is 113 Å². The van der Waals surface area contributed by atoms with Crippen LogP contribution in [0.2, 0.25) is 0 Å². The first-order valence-corrected chi connectivity index (χ1v) is 5.22. The van der Waals surface area contributed by atoms with Crippen LogP contribution in [0.3, 0.4) is 0 Å². The molecule has 6 nitrogen and oxygen atoms in total. The topological polar surface area (TPSA) is 86.5 Å². The monoisotopic (exact) mass is 261 g/mol. The molecule has 0 amide bonds. The van der Waals surface area contributed by atoms with Crippen molar-refractivity contribution in [1.82, 2.24) is 4.24 Å². The van der Waals surface area contributed by atoms with Crippen LogP contribution in [0.1, 0.15) is 0 Å². The van der Waals surface area contributed by atoms with Gasteiger partial charge < -0.3 is 0 Å². The van der Waals surface area contributed by atoms with Gasteiger partial charge in [-0.15, -0.1) is 4.24 Å². The minimum absolute atomic E-state index is 0. The van der Waals surface area contributed by atoms with Crippen molar-refractivity contribution >= 4 is 57.0 Å². The van der Waals surface area contributed by atoms with Crippen LogP contribution in [0.4, 0.5) is 5.69 Å². The van der Waals surface area contributed by atoms with Gasteiger partial charge >= 0.3 is 35.2 Å². The van der Waals surface area contributed by atoms with Crippen molar-refractivity contribution in [1.29, 1.82) is 0 Å². The van der Waals surface area contributed by atoms with Gasteiger partial charge in [0, 0.05) is 12.1 Å². The van der Waals surface area contributed by atoms with Crippen LogP contribution in [0.25, 0.3) is 0 Å². The predicted octanol–water partition coefficient (Wildman–Crippen LogP) is 0.270. The molecule has 1 rings (SSSR count). The first-order valence-electron chi connectivity index (χ1n) is 3.36. The average Bonchev–Trinajstić information content (AvgIpc) is 2.18. The maximum atomic E-state index is 11.1. The number of nitrogens with one attached hydrogen (secondary N) is 1. The van der Waals surface area contributed by atoms with E-state index < -0.39 is 10.0 Å². The fraction of sp³-hybridized carbons (Fsp3) is 0. The second-order valence-electron chi connectivity index (χ2n) is 2.35. The van der Waals surface area contributed by atoms with Crippen molar-refractivity contribution in [3.05, 3.63) is 29.2 Å². The molecule has 0 atom stereocenters. The standard InChI is InChI=1S/C6H6ClN2O4S.Na.H/c7-8-14(12,13)6-3-1-5(2-4-6)9(10)11;;/h1-4,8H,(H,10,11);;/q+1;;. The summed E-state index contributed by atoms with van der Waals surface area (Å²) in [6.07, 6.45) is 0. The first kappa shape index (κ1) is 14.8. The normalized spacial score (nSPS) is 10.5. The van der Waals surface area contributed by atoms with Crippen LogP contribution < -0.4 is 4.24 Å². The zero-order valence-electron chi connectivity index (χ0n) is 6.71. The summed E-state index contributed by atoms with van der Waals surface area (Å²) in [4.78, 5) is 9.89. The summed E-state index contributed by atoms with van der Waals surface area (Å²) in [7, 11) is -3.73. The summed E-state index contributed by atoms with van der Waals surface area (Å²) < 4.78 is 23.8. The molecule has 1 aromatic carbocycles. The van der Waals surface area contributed by atoms with E-state index in [1.807, 2.05) is 0 Å². The van der Waals surface area contributed by atoms with Crippen molar-refractivity contribution in [2.45, 2.75) is 4.90 Å². The van der Waals surface area contributed by atoms with Gasteiger partial charge in [-0.3, -0.25) is 0 Å². The van der Waals surface area contributed by atoms with E-state index in [1.54, 1.807) is 4.24 Å². The molecule has 2 N–H and O–H groups in total. The Balaban J connectivity index is 0.00000196. The average molecular weight is 262 g/mol. The molecule has 0 heterocycles. The zero-order chi connectivity index (χ0) is 10.8. The number of hydrogen-bond acceptors (Lipinski definition) is 3. The molecule has 1 aromatic rings. The number of rotatable bonds is 3. The van der Waals surface area contributed by atoms with Gasteiger partial charge in [-0.2, -0.15) is 0 Å². The molecule has 9 heteroatoms. The maximum absolute atomic E-state index is 11.1. The van der Waals surface area contributed by atoms with Gasteiger partial charge in [0.15, 0.2) is 0 Å². The van der Waals surface area contributed by atoms with E-state index in [-0.39, 0.29) is 45.1 Å². The summed E-state index contributed by atoms with van der Waals surface area (Å²) in [5.74, 6) is 0. The molecule has 0 aliphatic rings. The van der Waals surface area contributed by atoms with E-state index in [0.717, 1.165) is 24.3 Å². The molecule has 15 heavy (non-hydrogen) atoms. The summed E-state index contributed by atoms with van der Waals surface area (Å²) in [6.45, 7) is 0. The third-order valence-electron chi connectivity index (χ3n) is 1.47. The molecule has 0 bridgehead atoms. The van der Waals surface area contributed by atoms with Gasteiger partial charge in [-0.25, -0.2) is 13.6 Å². The van der Waals surface area contributed by atoms with Crippen molar-refractivity contribution < 1.29 is 18.5 Å². The van der Waals surface area contributed by atoms with Crippen LogP contribution >= 0.6 is 11.8 Å². The summed E-state index contributed by atoms with van der Waals surface area (Å²) >= 11 is 4.97. The first-order chi connectivity index (χ1) is 6.47. The van der Waals surface area contributed by atoms with Gasteiger partial charge in [0.1, 0.15) is 0 Å². The molecule has 0 aromatic heterocycles. The van der Waals surface area contributed by atoms with Crippen LogP contribution in [-0.2, 0) is 10.0 Å². The third kappa shape index (κ3) is 3.71. The molecule has 78 valence electrons. The van der Waals surface area contributed by atoms with E-state index in [4.69, 9.17) is 17.0 Å². The Kier molecular flexibility index (Phi) is 5.71. The summed E-state index contributed by atoms with van der Waals surface area (Å²) in [5, 5.41) is 8.46. The second-order valence-corrected chi connectivity index (χ2v) is 4.44. The number of nitrogens with zero attached hydrogens (tertiary/aromatic N) is 1. The third-order valence-corrected chi connectivity index (χ3v) is 3.17. The van der Waals surface area contributed by atoms with Crippen LogP contribution in [0.15, 0.2) is 29.2 Å². The van der Waals surface area contributed by atoms with Gasteiger partial charge in [0.25, 0.3) is 14.9 Å². The molecule has 0 fully saturated rings. The number of hydrogen-bond donors (Lipinski definition) is 2. The SMILES string of the molecule is O=[N+](O)c1ccc(S(=O)(=O)NCl)cc1.[NaH]. The van der Waals surface area contributed by atoms with Gasteiger partial charge in [0.05, 0.1) is 9.80 Å². The summed E-state index contributed by atoms with van der Waals surface area (Å²) in [6, 6.07) is 4.57. The Morgan fingerprint density at radius 3 is 2.07 bits per heavy atom. The van der Waals surface area contributed by atoms with Gasteiger partial charge in [0.2, 0.25) is 0 Å². The van der Waals surface area contributed by atoms with E-state index in [9.17, 15) is 13.3 Å². The Morgan fingerprint density at radius 1 is 1.27 bits per heavy atom. The van der Waals surface area contributed by atoms with Crippen LogP contribution in [-0.4, -0.2) is 48.1 Å². The quantitative estimate of drug-likeness (QED) is 0.465. The minimum atomic E-state index is -3.73. The van der Waals surface area contributed by atoms with Crippen molar-refractivity contribution in [3.8, 4) is 0 Å². The fourth-order valence-corrected chi connectivity index (χ4v) is 1.65. The van der Waals surface area contributed by atoms with E-state index in [1.165, 1.54) is 0 Å². The molecule has 0 saturated heterocycles. The van der Waals surface area contributed by atoms with E-state index in [2.05, 4.69) is 0 Å². The predicted molar refractivity (Wildman–Crippen MR) is 54.8 cm³/mol. The Morgan fingerprint density at radius 2 is 1.73 bits per heavy atom. The molecule has 0 saturated carbocycles. The van der Waals surface area contributed by atoms with Crippen molar-refractivity contribution in [2.24, 2.45) is 0 Å². The van der Waals surface area contributed by atoms with Gasteiger partial charge in [-0.05, 0) is 23.9 Å². The molecule has 0 unspecified atom stereocenters. The number of sulfonamides is 1. The number of halogens is 1. The Bertz CT molecular complexity index is 447. The molecular formula is C6H7ClN2NaO4S+. The van der Waals surface area contributed by atoms with Gasteiger partial charge in [-0.1, -0.05) is 0 Å². The van der Waals surface area contributed by atoms with Crippen molar-refractivity contribution in [2.75, 3.05) is 0 Å². The zero-order valence-corrected chi connectivity index (χ0v) is 8.29. The molecular weight excluding hydrogens is 255 g/mol. The Hall–Kier alpha value is -0.180. The van der Waals surface area contributed by atoms with Crippen LogP contribution in [0.5, 0.6) is 0 Å². The summed E-state index contributed by atoms with van der Waals surface area (Å²) in [5.41, 5.74) is -0.0708. The molecule has 0 radical (unpaired) electrons. The number of benzene rings is 1.